The minimum atomic E-state index is -0.104. The van der Waals surface area contributed by atoms with Gasteiger partial charge in [-0.3, -0.25) is 9.79 Å². The van der Waals surface area contributed by atoms with Crippen molar-refractivity contribution in [2.45, 2.75) is 20.4 Å². The van der Waals surface area contributed by atoms with Gasteiger partial charge in [-0.15, -0.1) is 11.3 Å². The van der Waals surface area contributed by atoms with E-state index in [9.17, 15) is 4.79 Å². The van der Waals surface area contributed by atoms with Crippen LogP contribution in [0.25, 0.3) is 11.3 Å². The molecular formula is C21H27N7OS. The number of thiazole rings is 1. The molecule has 0 saturated carbocycles. The third-order valence-corrected chi connectivity index (χ3v) is 5.33. The zero-order valence-electron chi connectivity index (χ0n) is 17.5. The highest BCUT2D eigenvalue weighted by atomic mass is 32.1. The number of carbonyl (C=O) groups is 1. The molecule has 30 heavy (non-hydrogen) atoms. The summed E-state index contributed by atoms with van der Waals surface area (Å²) in [5, 5.41) is 6.17. The SMILES string of the molecule is CCNC(=NCCNC(=O)c1scnc1C)N(C)Cc1ncc(-c2ccccc2)[nH]1. The molecule has 158 valence electrons. The van der Waals surface area contributed by atoms with Gasteiger partial charge < -0.3 is 20.5 Å². The lowest BCUT2D eigenvalue weighted by Gasteiger charge is -2.21. The Bertz CT molecular complexity index is 980. The van der Waals surface area contributed by atoms with Crippen molar-refractivity contribution in [2.75, 3.05) is 26.7 Å². The maximum Gasteiger partial charge on any atom is 0.263 e. The molecule has 0 saturated heterocycles. The van der Waals surface area contributed by atoms with Gasteiger partial charge in [0.1, 0.15) is 10.7 Å². The topological polar surface area (TPSA) is 98.3 Å². The second-order valence-electron chi connectivity index (χ2n) is 6.72. The Balaban J connectivity index is 1.55. The van der Waals surface area contributed by atoms with Gasteiger partial charge in [-0.2, -0.15) is 0 Å². The fourth-order valence-corrected chi connectivity index (χ4v) is 3.63. The van der Waals surface area contributed by atoms with Crippen LogP contribution in [-0.4, -0.2) is 58.4 Å². The van der Waals surface area contributed by atoms with Crippen LogP contribution in [0.2, 0.25) is 0 Å². The quantitative estimate of drug-likeness (QED) is 0.293. The van der Waals surface area contributed by atoms with Crippen LogP contribution in [0.3, 0.4) is 0 Å². The van der Waals surface area contributed by atoms with Crippen molar-refractivity contribution < 1.29 is 4.79 Å². The predicted octanol–water partition coefficient (Wildman–Crippen LogP) is 2.67. The molecule has 1 amide bonds. The Hall–Kier alpha value is -3.20. The summed E-state index contributed by atoms with van der Waals surface area (Å²) in [7, 11) is 1.96. The second-order valence-corrected chi connectivity index (χ2v) is 7.58. The maximum absolute atomic E-state index is 12.2. The first-order valence-corrected chi connectivity index (χ1v) is 10.7. The smallest absolute Gasteiger partial charge is 0.263 e. The number of rotatable bonds is 8. The molecule has 9 heteroatoms. The number of aliphatic imine (C=N–C) groups is 1. The molecule has 0 aliphatic carbocycles. The van der Waals surface area contributed by atoms with Crippen molar-refractivity contribution in [2.24, 2.45) is 4.99 Å². The van der Waals surface area contributed by atoms with Gasteiger partial charge in [0.05, 0.1) is 36.2 Å². The summed E-state index contributed by atoms with van der Waals surface area (Å²) in [5.74, 6) is 1.52. The van der Waals surface area contributed by atoms with E-state index >= 15 is 0 Å². The minimum Gasteiger partial charge on any atom is -0.357 e. The van der Waals surface area contributed by atoms with E-state index in [1.165, 1.54) is 11.3 Å². The Morgan fingerprint density at radius 1 is 1.23 bits per heavy atom. The van der Waals surface area contributed by atoms with Crippen molar-refractivity contribution in [1.29, 1.82) is 0 Å². The zero-order valence-corrected chi connectivity index (χ0v) is 18.3. The van der Waals surface area contributed by atoms with E-state index in [0.29, 0.717) is 24.5 Å². The summed E-state index contributed by atoms with van der Waals surface area (Å²) in [4.78, 5) is 31.4. The molecule has 3 N–H and O–H groups in total. The van der Waals surface area contributed by atoms with E-state index in [2.05, 4.69) is 42.7 Å². The maximum atomic E-state index is 12.2. The number of hydrogen-bond donors (Lipinski definition) is 3. The largest absolute Gasteiger partial charge is 0.357 e. The summed E-state index contributed by atoms with van der Waals surface area (Å²) in [6, 6.07) is 10.1. The lowest BCUT2D eigenvalue weighted by molar-refractivity contribution is 0.0958. The number of aromatic amines is 1. The predicted molar refractivity (Wildman–Crippen MR) is 121 cm³/mol. The molecule has 0 bridgehead atoms. The van der Waals surface area contributed by atoms with E-state index in [-0.39, 0.29) is 5.91 Å². The Morgan fingerprint density at radius 3 is 2.73 bits per heavy atom. The fraction of sp³-hybridized carbons (Fsp3) is 0.333. The molecule has 0 spiro atoms. The van der Waals surface area contributed by atoms with E-state index in [4.69, 9.17) is 0 Å². The first-order valence-electron chi connectivity index (χ1n) is 9.85. The molecule has 0 unspecified atom stereocenters. The van der Waals surface area contributed by atoms with Gasteiger partial charge in [0, 0.05) is 20.1 Å². The number of nitrogens with zero attached hydrogens (tertiary/aromatic N) is 4. The minimum absolute atomic E-state index is 0.104. The summed E-state index contributed by atoms with van der Waals surface area (Å²) in [5.41, 5.74) is 4.52. The molecule has 0 fully saturated rings. The highest BCUT2D eigenvalue weighted by Gasteiger charge is 2.12. The number of amides is 1. The van der Waals surface area contributed by atoms with Gasteiger partial charge >= 0.3 is 0 Å². The summed E-state index contributed by atoms with van der Waals surface area (Å²) >= 11 is 1.35. The van der Waals surface area contributed by atoms with Gasteiger partial charge in [-0.05, 0) is 19.4 Å². The monoisotopic (exact) mass is 425 g/mol. The molecule has 3 rings (SSSR count). The zero-order chi connectivity index (χ0) is 21.3. The van der Waals surface area contributed by atoms with Crippen LogP contribution in [0.15, 0.2) is 47.0 Å². The van der Waals surface area contributed by atoms with Gasteiger partial charge in [0.15, 0.2) is 5.96 Å². The third-order valence-electron chi connectivity index (χ3n) is 4.41. The average Bonchev–Trinajstić information content (AvgIpc) is 3.39. The van der Waals surface area contributed by atoms with Gasteiger partial charge in [0.25, 0.3) is 5.91 Å². The molecule has 8 nitrogen and oxygen atoms in total. The first-order chi connectivity index (χ1) is 14.6. The van der Waals surface area contributed by atoms with E-state index in [1.807, 2.05) is 50.2 Å². The number of hydrogen-bond acceptors (Lipinski definition) is 5. The number of nitrogens with one attached hydrogen (secondary N) is 3. The molecular weight excluding hydrogens is 398 g/mol. The lowest BCUT2D eigenvalue weighted by Crippen LogP contribution is -2.39. The number of guanidine groups is 1. The van der Waals surface area contributed by atoms with E-state index in [1.54, 1.807) is 5.51 Å². The first kappa shape index (κ1) is 21.5. The Labute approximate surface area is 180 Å². The number of carbonyl (C=O) groups excluding carboxylic acids is 1. The molecule has 1 aromatic carbocycles. The molecule has 3 aromatic rings. The number of aryl methyl sites for hydroxylation is 1. The van der Waals surface area contributed by atoms with Crippen molar-refractivity contribution >= 4 is 23.2 Å². The molecule has 0 aliphatic rings. The average molecular weight is 426 g/mol. The van der Waals surface area contributed by atoms with Crippen molar-refractivity contribution in [1.82, 2.24) is 30.5 Å². The Kier molecular flexibility index (Phi) is 7.56. The van der Waals surface area contributed by atoms with Crippen LogP contribution in [0.1, 0.15) is 28.1 Å². The summed E-state index contributed by atoms with van der Waals surface area (Å²) in [6.07, 6.45) is 1.85. The normalized spacial score (nSPS) is 11.4. The molecule has 2 heterocycles. The van der Waals surface area contributed by atoms with Crippen molar-refractivity contribution in [3.05, 3.63) is 58.4 Å². The number of H-pyrrole nitrogens is 1. The van der Waals surface area contributed by atoms with Crippen LogP contribution >= 0.6 is 11.3 Å². The molecule has 2 aromatic heterocycles. The van der Waals surface area contributed by atoms with E-state index in [0.717, 1.165) is 35.3 Å². The Morgan fingerprint density at radius 2 is 2.03 bits per heavy atom. The van der Waals surface area contributed by atoms with Gasteiger partial charge in [-0.25, -0.2) is 9.97 Å². The summed E-state index contributed by atoms with van der Waals surface area (Å²) in [6.45, 7) is 6.13. The van der Waals surface area contributed by atoms with Crippen LogP contribution in [-0.2, 0) is 6.54 Å². The van der Waals surface area contributed by atoms with Gasteiger partial charge in [0.2, 0.25) is 0 Å². The highest BCUT2D eigenvalue weighted by molar-refractivity contribution is 7.11. The molecule has 0 atom stereocenters. The van der Waals surface area contributed by atoms with Crippen LogP contribution < -0.4 is 10.6 Å². The second kappa shape index (κ2) is 10.5. The third kappa shape index (κ3) is 5.66. The number of aromatic nitrogens is 3. The standard InChI is InChI=1S/C21H27N7OS/c1-4-22-21(24-11-10-23-20(29)19-15(2)26-14-30-19)28(3)13-18-25-12-17(27-18)16-8-6-5-7-9-16/h5-9,12,14H,4,10-11,13H2,1-3H3,(H,22,24)(H,23,29)(H,25,27). The van der Waals surface area contributed by atoms with Crippen molar-refractivity contribution in [3.8, 4) is 11.3 Å². The van der Waals surface area contributed by atoms with Crippen LogP contribution in [0, 0.1) is 6.92 Å². The number of imidazole rings is 1. The van der Waals surface area contributed by atoms with E-state index < -0.39 is 0 Å². The number of benzene rings is 1. The molecule has 0 radical (unpaired) electrons. The van der Waals surface area contributed by atoms with Crippen molar-refractivity contribution in [3.63, 3.8) is 0 Å². The highest BCUT2D eigenvalue weighted by Crippen LogP contribution is 2.16. The fourth-order valence-electron chi connectivity index (χ4n) is 2.91. The lowest BCUT2D eigenvalue weighted by atomic mass is 10.2. The van der Waals surface area contributed by atoms with Crippen LogP contribution in [0.4, 0.5) is 0 Å². The summed E-state index contributed by atoms with van der Waals surface area (Å²) < 4.78 is 0. The van der Waals surface area contributed by atoms with Gasteiger partial charge in [-0.1, -0.05) is 30.3 Å². The van der Waals surface area contributed by atoms with Crippen LogP contribution in [0.5, 0.6) is 0 Å². The molecule has 0 aliphatic heterocycles.